The molecule has 0 aliphatic heterocycles. The SMILES string of the molecule is C[C@]12CCC3c4cc(CCC(=O)O)c(O)cc4CCC3C1CCC2O. The minimum Gasteiger partial charge on any atom is -0.508 e. The Morgan fingerprint density at radius 3 is 2.80 bits per heavy atom. The number of phenolic OH excluding ortho intramolecular Hbond substituents is 1. The Morgan fingerprint density at radius 2 is 2.04 bits per heavy atom. The Bertz CT molecular complexity index is 697. The third kappa shape index (κ3) is 2.66. The number of fused-ring (bicyclic) bond motifs is 5. The summed E-state index contributed by atoms with van der Waals surface area (Å²) in [5.74, 6) is 1.11. The second kappa shape index (κ2) is 6.01. The molecule has 1 aromatic carbocycles. The molecule has 4 unspecified atom stereocenters. The van der Waals surface area contributed by atoms with E-state index < -0.39 is 5.97 Å². The molecule has 0 spiro atoms. The van der Waals surface area contributed by atoms with Gasteiger partial charge < -0.3 is 15.3 Å². The lowest BCUT2D eigenvalue weighted by Crippen LogP contribution is -2.43. The zero-order valence-corrected chi connectivity index (χ0v) is 14.9. The Hall–Kier alpha value is -1.55. The Kier molecular flexibility index (Phi) is 4.06. The van der Waals surface area contributed by atoms with Gasteiger partial charge in [-0.05, 0) is 90.9 Å². The Morgan fingerprint density at radius 1 is 1.24 bits per heavy atom. The van der Waals surface area contributed by atoms with Gasteiger partial charge in [0.05, 0.1) is 6.10 Å². The molecule has 0 saturated heterocycles. The van der Waals surface area contributed by atoms with E-state index in [0.717, 1.165) is 44.1 Å². The van der Waals surface area contributed by atoms with Crippen LogP contribution in [0.1, 0.15) is 68.1 Å². The van der Waals surface area contributed by atoms with Gasteiger partial charge in [0.25, 0.3) is 0 Å². The summed E-state index contributed by atoms with van der Waals surface area (Å²) in [6.07, 6.45) is 6.58. The monoisotopic (exact) mass is 344 g/mol. The van der Waals surface area contributed by atoms with Crippen LogP contribution in [0.2, 0.25) is 0 Å². The first-order valence-corrected chi connectivity index (χ1v) is 9.64. The van der Waals surface area contributed by atoms with Gasteiger partial charge in [0.1, 0.15) is 5.75 Å². The highest BCUT2D eigenvalue weighted by Crippen LogP contribution is 2.61. The summed E-state index contributed by atoms with van der Waals surface area (Å²) in [5.41, 5.74) is 3.40. The number of aliphatic hydroxyl groups is 1. The molecule has 136 valence electrons. The standard InChI is InChI=1S/C21H28O4/c1-21-9-8-14-15(17(21)5-6-19(21)23)4-2-12-11-18(22)13(10-16(12)14)3-7-20(24)25/h10-11,14-15,17,19,22-23H,2-9H2,1H3,(H,24,25)/t14?,15?,17?,19?,21-/m0/s1. The van der Waals surface area contributed by atoms with Gasteiger partial charge in [0.15, 0.2) is 0 Å². The van der Waals surface area contributed by atoms with Gasteiger partial charge >= 0.3 is 5.97 Å². The highest BCUT2D eigenvalue weighted by Gasteiger charge is 2.54. The van der Waals surface area contributed by atoms with Crippen LogP contribution in [0.4, 0.5) is 0 Å². The van der Waals surface area contributed by atoms with Crippen molar-refractivity contribution in [1.82, 2.24) is 0 Å². The molecule has 25 heavy (non-hydrogen) atoms. The Balaban J connectivity index is 1.65. The normalized spacial score (nSPS) is 36.4. The van der Waals surface area contributed by atoms with E-state index in [1.807, 2.05) is 6.07 Å². The zero-order chi connectivity index (χ0) is 17.8. The van der Waals surface area contributed by atoms with Gasteiger partial charge in [-0.1, -0.05) is 13.0 Å². The van der Waals surface area contributed by atoms with E-state index in [1.165, 1.54) is 11.1 Å². The summed E-state index contributed by atoms with van der Waals surface area (Å²) < 4.78 is 0. The second-order valence-electron chi connectivity index (χ2n) is 8.63. The van der Waals surface area contributed by atoms with Gasteiger partial charge in [-0.3, -0.25) is 4.79 Å². The van der Waals surface area contributed by atoms with E-state index in [9.17, 15) is 15.0 Å². The number of benzene rings is 1. The molecule has 2 saturated carbocycles. The van der Waals surface area contributed by atoms with E-state index in [4.69, 9.17) is 5.11 Å². The van der Waals surface area contributed by atoms with Crippen LogP contribution >= 0.6 is 0 Å². The summed E-state index contributed by atoms with van der Waals surface area (Å²) in [7, 11) is 0. The van der Waals surface area contributed by atoms with Crippen LogP contribution in [-0.4, -0.2) is 27.4 Å². The molecule has 0 amide bonds. The van der Waals surface area contributed by atoms with Gasteiger partial charge in [0.2, 0.25) is 0 Å². The summed E-state index contributed by atoms with van der Waals surface area (Å²) in [5, 5.41) is 29.7. The molecular formula is C21H28O4. The van der Waals surface area contributed by atoms with E-state index >= 15 is 0 Å². The number of aryl methyl sites for hydroxylation is 2. The molecule has 0 bridgehead atoms. The number of carbonyl (C=O) groups is 1. The minimum atomic E-state index is -0.830. The number of hydrogen-bond acceptors (Lipinski definition) is 3. The lowest BCUT2D eigenvalue weighted by molar-refractivity contribution is -0.136. The third-order valence-corrected chi connectivity index (χ3v) is 7.48. The minimum absolute atomic E-state index is 0.0489. The summed E-state index contributed by atoms with van der Waals surface area (Å²) in [6.45, 7) is 2.27. The number of carboxylic acid groups (broad SMARTS) is 1. The smallest absolute Gasteiger partial charge is 0.303 e. The van der Waals surface area contributed by atoms with E-state index in [1.54, 1.807) is 0 Å². The molecular weight excluding hydrogens is 316 g/mol. The maximum atomic E-state index is 10.9. The largest absolute Gasteiger partial charge is 0.508 e. The fourth-order valence-electron chi connectivity index (χ4n) is 6.07. The summed E-state index contributed by atoms with van der Waals surface area (Å²) in [6, 6.07) is 3.96. The molecule has 3 aliphatic rings. The number of hydrogen-bond donors (Lipinski definition) is 3. The first-order valence-electron chi connectivity index (χ1n) is 9.64. The van der Waals surface area contributed by atoms with Crippen molar-refractivity contribution in [2.24, 2.45) is 17.3 Å². The number of aromatic hydroxyl groups is 1. The number of aliphatic hydroxyl groups excluding tert-OH is 1. The van der Waals surface area contributed by atoms with Crippen LogP contribution in [0.15, 0.2) is 12.1 Å². The van der Waals surface area contributed by atoms with Crippen LogP contribution in [0.25, 0.3) is 0 Å². The molecule has 0 aromatic heterocycles. The Labute approximate surface area is 148 Å². The van der Waals surface area contributed by atoms with Gasteiger partial charge in [-0.2, -0.15) is 0 Å². The first-order chi connectivity index (χ1) is 11.9. The number of carboxylic acids is 1. The van der Waals surface area contributed by atoms with E-state index in [0.29, 0.717) is 24.2 Å². The second-order valence-corrected chi connectivity index (χ2v) is 8.63. The van der Waals surface area contributed by atoms with Gasteiger partial charge in [-0.15, -0.1) is 0 Å². The maximum absolute atomic E-state index is 10.9. The maximum Gasteiger partial charge on any atom is 0.303 e. The molecule has 0 radical (unpaired) electrons. The van der Waals surface area contributed by atoms with Crippen LogP contribution < -0.4 is 0 Å². The zero-order valence-electron chi connectivity index (χ0n) is 14.9. The number of rotatable bonds is 3. The topological polar surface area (TPSA) is 77.8 Å². The van der Waals surface area contributed by atoms with Crippen molar-refractivity contribution in [1.29, 1.82) is 0 Å². The van der Waals surface area contributed by atoms with Crippen molar-refractivity contribution in [3.63, 3.8) is 0 Å². The van der Waals surface area contributed by atoms with Crippen LogP contribution in [0.5, 0.6) is 5.75 Å². The predicted octanol–water partition coefficient (Wildman–Crippen LogP) is 3.63. The molecule has 1 aromatic rings. The summed E-state index contributed by atoms with van der Waals surface area (Å²) in [4.78, 5) is 10.9. The molecule has 4 heteroatoms. The van der Waals surface area contributed by atoms with Crippen molar-refractivity contribution in [2.75, 3.05) is 0 Å². The van der Waals surface area contributed by atoms with Crippen LogP contribution in [-0.2, 0) is 17.6 Å². The van der Waals surface area contributed by atoms with E-state index in [-0.39, 0.29) is 23.7 Å². The van der Waals surface area contributed by atoms with Gasteiger partial charge in [0, 0.05) is 6.42 Å². The fraction of sp³-hybridized carbons (Fsp3) is 0.667. The molecule has 3 aliphatic carbocycles. The quantitative estimate of drug-likeness (QED) is 0.782. The highest BCUT2D eigenvalue weighted by molar-refractivity contribution is 5.67. The predicted molar refractivity (Wildman–Crippen MR) is 94.7 cm³/mol. The lowest BCUT2D eigenvalue weighted by atomic mass is 9.55. The number of aliphatic carboxylic acids is 1. The first kappa shape index (κ1) is 16.9. The fourth-order valence-corrected chi connectivity index (χ4v) is 6.07. The lowest BCUT2D eigenvalue weighted by Gasteiger charge is -2.50. The molecule has 4 rings (SSSR count). The van der Waals surface area contributed by atoms with Crippen molar-refractivity contribution in [3.05, 3.63) is 28.8 Å². The molecule has 0 heterocycles. The van der Waals surface area contributed by atoms with Crippen molar-refractivity contribution < 1.29 is 20.1 Å². The third-order valence-electron chi connectivity index (χ3n) is 7.48. The average molecular weight is 344 g/mol. The van der Waals surface area contributed by atoms with Crippen LogP contribution in [0.3, 0.4) is 0 Å². The molecule has 2 fully saturated rings. The van der Waals surface area contributed by atoms with Crippen molar-refractivity contribution >= 4 is 5.97 Å². The highest BCUT2D eigenvalue weighted by atomic mass is 16.4. The van der Waals surface area contributed by atoms with E-state index in [2.05, 4.69) is 13.0 Å². The number of phenols is 1. The van der Waals surface area contributed by atoms with Crippen LogP contribution in [0, 0.1) is 17.3 Å². The van der Waals surface area contributed by atoms with Crippen molar-refractivity contribution in [3.8, 4) is 5.75 Å². The van der Waals surface area contributed by atoms with Gasteiger partial charge in [-0.25, -0.2) is 0 Å². The molecule has 5 atom stereocenters. The molecule has 4 nitrogen and oxygen atoms in total. The van der Waals surface area contributed by atoms with Crippen molar-refractivity contribution in [2.45, 2.75) is 70.3 Å². The molecule has 3 N–H and O–H groups in total. The summed E-state index contributed by atoms with van der Waals surface area (Å²) >= 11 is 0. The average Bonchev–Trinajstić information content (AvgIpc) is 2.88.